The second-order valence-electron chi connectivity index (χ2n) is 5.06. The molecule has 0 aliphatic carbocycles. The van der Waals surface area contributed by atoms with E-state index < -0.39 is 4.92 Å². The largest absolute Gasteiger partial charge is 0.484 e. The van der Waals surface area contributed by atoms with Gasteiger partial charge in [-0.15, -0.1) is 0 Å². The summed E-state index contributed by atoms with van der Waals surface area (Å²) in [5.74, 6) is 0.0620. The number of carbonyl (C=O) groups is 1. The van der Waals surface area contributed by atoms with Gasteiger partial charge in [-0.3, -0.25) is 14.9 Å². The summed E-state index contributed by atoms with van der Waals surface area (Å²) in [6.45, 7) is 1.63. The van der Waals surface area contributed by atoms with Crippen molar-refractivity contribution in [3.05, 3.63) is 69.8 Å². The summed E-state index contributed by atoms with van der Waals surface area (Å²) in [6.07, 6.45) is 0. The number of amides is 1. The summed E-state index contributed by atoms with van der Waals surface area (Å²) in [5.41, 5.74) is 1.39. The van der Waals surface area contributed by atoms with E-state index in [1.54, 1.807) is 24.3 Å². The number of non-ortho nitro benzene ring substituents is 1. The van der Waals surface area contributed by atoms with E-state index in [4.69, 9.17) is 10.00 Å². The van der Waals surface area contributed by atoms with E-state index in [2.05, 4.69) is 5.32 Å². The van der Waals surface area contributed by atoms with Crippen molar-refractivity contribution in [2.45, 2.75) is 13.0 Å². The summed E-state index contributed by atoms with van der Waals surface area (Å²) in [5, 5.41) is 22.1. The maximum Gasteiger partial charge on any atom is 0.269 e. The Bertz CT molecular complexity index is 764. The van der Waals surface area contributed by atoms with Crippen LogP contribution in [-0.2, 0) is 4.79 Å². The number of ether oxygens (including phenoxy) is 1. The van der Waals surface area contributed by atoms with Crippen LogP contribution in [0.2, 0.25) is 0 Å². The van der Waals surface area contributed by atoms with Gasteiger partial charge in [-0.25, -0.2) is 0 Å². The molecule has 0 aliphatic heterocycles. The Hall–Kier alpha value is -3.40. The van der Waals surface area contributed by atoms with Crippen molar-refractivity contribution in [1.82, 2.24) is 5.32 Å². The van der Waals surface area contributed by atoms with Crippen LogP contribution >= 0.6 is 0 Å². The molecule has 1 unspecified atom stereocenters. The quantitative estimate of drug-likeness (QED) is 0.649. The molecule has 2 rings (SSSR count). The van der Waals surface area contributed by atoms with E-state index in [9.17, 15) is 14.9 Å². The number of hydrogen-bond donors (Lipinski definition) is 1. The lowest BCUT2D eigenvalue weighted by molar-refractivity contribution is -0.384. The molecule has 2 aromatic rings. The van der Waals surface area contributed by atoms with Crippen molar-refractivity contribution < 1.29 is 14.5 Å². The van der Waals surface area contributed by atoms with Gasteiger partial charge in [-0.05, 0) is 36.8 Å². The van der Waals surface area contributed by atoms with E-state index in [1.807, 2.05) is 13.0 Å². The van der Waals surface area contributed by atoms with Gasteiger partial charge in [-0.2, -0.15) is 5.26 Å². The van der Waals surface area contributed by atoms with Crippen LogP contribution in [0.1, 0.15) is 24.1 Å². The molecule has 0 saturated carbocycles. The minimum absolute atomic E-state index is 0.0405. The molecule has 7 heteroatoms. The summed E-state index contributed by atoms with van der Waals surface area (Å²) in [4.78, 5) is 22.0. The van der Waals surface area contributed by atoms with Crippen molar-refractivity contribution in [2.24, 2.45) is 0 Å². The number of nitro groups is 1. The van der Waals surface area contributed by atoms with Gasteiger partial charge >= 0.3 is 0 Å². The van der Waals surface area contributed by atoms with E-state index >= 15 is 0 Å². The van der Waals surface area contributed by atoms with E-state index in [0.717, 1.165) is 5.56 Å². The fourth-order valence-electron chi connectivity index (χ4n) is 2.03. The minimum atomic E-state index is -0.504. The minimum Gasteiger partial charge on any atom is -0.484 e. The third-order valence-electron chi connectivity index (χ3n) is 3.33. The average Bonchev–Trinajstić information content (AvgIpc) is 2.60. The predicted octanol–water partition coefficient (Wildman–Crippen LogP) is 2.72. The highest BCUT2D eigenvalue weighted by atomic mass is 16.6. The Labute approximate surface area is 138 Å². The zero-order valence-corrected chi connectivity index (χ0v) is 12.9. The zero-order chi connectivity index (χ0) is 17.5. The standard InChI is InChI=1S/C17H15N3O4/c1-12(14-4-2-13(10-18)3-5-14)19-17(21)11-24-16-8-6-15(7-9-16)20(22)23/h2-9,12H,11H2,1H3,(H,19,21). The molecule has 0 fully saturated rings. The maximum absolute atomic E-state index is 11.9. The van der Waals surface area contributed by atoms with Gasteiger partial charge in [0, 0.05) is 12.1 Å². The zero-order valence-electron chi connectivity index (χ0n) is 12.9. The first-order valence-electron chi connectivity index (χ1n) is 7.16. The molecule has 7 nitrogen and oxygen atoms in total. The number of benzene rings is 2. The summed E-state index contributed by atoms with van der Waals surface area (Å²) < 4.78 is 5.30. The number of rotatable bonds is 6. The van der Waals surface area contributed by atoms with Gasteiger partial charge in [0.1, 0.15) is 5.75 Å². The summed E-state index contributed by atoms with van der Waals surface area (Å²) >= 11 is 0. The van der Waals surface area contributed by atoms with Gasteiger partial charge in [0.25, 0.3) is 11.6 Å². The van der Waals surface area contributed by atoms with E-state index in [-0.39, 0.29) is 24.2 Å². The molecule has 0 aromatic heterocycles. The monoisotopic (exact) mass is 325 g/mol. The van der Waals surface area contributed by atoms with Crippen LogP contribution in [0.3, 0.4) is 0 Å². The first kappa shape index (κ1) is 17.0. The molecule has 2 aromatic carbocycles. The molecule has 0 aliphatic rings. The van der Waals surface area contributed by atoms with Crippen molar-refractivity contribution in [1.29, 1.82) is 5.26 Å². The molecule has 24 heavy (non-hydrogen) atoms. The highest BCUT2D eigenvalue weighted by Gasteiger charge is 2.11. The molecule has 122 valence electrons. The molecule has 0 saturated heterocycles. The van der Waals surface area contributed by atoms with Crippen LogP contribution in [0.15, 0.2) is 48.5 Å². The molecule has 0 radical (unpaired) electrons. The van der Waals surface area contributed by atoms with Crippen molar-refractivity contribution in [2.75, 3.05) is 6.61 Å². The third kappa shape index (κ3) is 4.55. The first-order chi connectivity index (χ1) is 11.5. The number of nitro benzene ring substituents is 1. The van der Waals surface area contributed by atoms with Gasteiger partial charge in [-0.1, -0.05) is 12.1 Å². The van der Waals surface area contributed by atoms with E-state index in [0.29, 0.717) is 11.3 Å². The molecular formula is C17H15N3O4. The molecule has 1 N–H and O–H groups in total. The Balaban J connectivity index is 1.86. The topological polar surface area (TPSA) is 105 Å². The number of hydrogen-bond acceptors (Lipinski definition) is 5. The van der Waals surface area contributed by atoms with Crippen LogP contribution in [0, 0.1) is 21.4 Å². The normalized spacial score (nSPS) is 11.2. The smallest absolute Gasteiger partial charge is 0.269 e. The molecule has 1 amide bonds. The van der Waals surface area contributed by atoms with Gasteiger partial charge in [0.05, 0.1) is 22.6 Å². The number of carbonyl (C=O) groups excluding carboxylic acids is 1. The molecular weight excluding hydrogens is 310 g/mol. The van der Waals surface area contributed by atoms with Crippen molar-refractivity contribution in [3.63, 3.8) is 0 Å². The Morgan fingerprint density at radius 3 is 2.42 bits per heavy atom. The van der Waals surface area contributed by atoms with Gasteiger partial charge in [0.15, 0.2) is 6.61 Å². The Kier molecular flexibility index (Phi) is 5.47. The highest BCUT2D eigenvalue weighted by Crippen LogP contribution is 2.17. The van der Waals surface area contributed by atoms with Gasteiger partial charge in [0.2, 0.25) is 0 Å². The van der Waals surface area contributed by atoms with Crippen LogP contribution in [0.5, 0.6) is 5.75 Å². The lowest BCUT2D eigenvalue weighted by Crippen LogP contribution is -2.31. The van der Waals surface area contributed by atoms with Crippen LogP contribution < -0.4 is 10.1 Å². The number of nitrogens with zero attached hydrogens (tertiary/aromatic N) is 2. The summed E-state index contributed by atoms with van der Waals surface area (Å²) in [6, 6.07) is 14.2. The molecule has 1 atom stereocenters. The molecule has 0 bridgehead atoms. The average molecular weight is 325 g/mol. The highest BCUT2D eigenvalue weighted by molar-refractivity contribution is 5.78. The Morgan fingerprint density at radius 2 is 1.88 bits per heavy atom. The predicted molar refractivity (Wildman–Crippen MR) is 86.3 cm³/mol. The van der Waals surface area contributed by atoms with Crippen molar-refractivity contribution in [3.8, 4) is 11.8 Å². The number of nitrogens with one attached hydrogen (secondary N) is 1. The SMILES string of the molecule is CC(NC(=O)COc1ccc([N+](=O)[O-])cc1)c1ccc(C#N)cc1. The molecule has 0 spiro atoms. The lowest BCUT2D eigenvalue weighted by Gasteiger charge is -2.14. The second-order valence-corrected chi connectivity index (χ2v) is 5.06. The third-order valence-corrected chi connectivity index (χ3v) is 3.33. The fourth-order valence-corrected chi connectivity index (χ4v) is 2.03. The Morgan fingerprint density at radius 1 is 1.25 bits per heavy atom. The molecule has 0 heterocycles. The number of nitriles is 1. The van der Waals surface area contributed by atoms with Crippen LogP contribution in [0.25, 0.3) is 0 Å². The van der Waals surface area contributed by atoms with Crippen LogP contribution in [-0.4, -0.2) is 17.4 Å². The lowest BCUT2D eigenvalue weighted by atomic mass is 10.1. The summed E-state index contributed by atoms with van der Waals surface area (Å²) in [7, 11) is 0. The van der Waals surface area contributed by atoms with Crippen LogP contribution in [0.4, 0.5) is 5.69 Å². The first-order valence-corrected chi connectivity index (χ1v) is 7.16. The maximum atomic E-state index is 11.9. The van der Waals surface area contributed by atoms with Crippen molar-refractivity contribution >= 4 is 11.6 Å². The second kappa shape index (κ2) is 7.74. The van der Waals surface area contributed by atoms with Gasteiger partial charge < -0.3 is 10.1 Å². The van der Waals surface area contributed by atoms with E-state index in [1.165, 1.54) is 24.3 Å². The fraction of sp³-hybridized carbons (Fsp3) is 0.176.